The van der Waals surface area contributed by atoms with Crippen LogP contribution < -0.4 is 16.0 Å². The Bertz CT molecular complexity index is 2610. The maximum absolute atomic E-state index is 14.4. The van der Waals surface area contributed by atoms with E-state index in [0.717, 1.165) is 28.0 Å². The molecule has 3 N–H and O–H groups in total. The fraction of sp³-hybridized carbons (Fsp3) is 0.167. The first-order chi connectivity index (χ1) is 30.3. The Balaban J connectivity index is 1.12. The lowest BCUT2D eigenvalue weighted by atomic mass is 9.80. The molecule has 21 heteroatoms. The molecule has 0 spiro atoms. The highest BCUT2D eigenvalue weighted by Crippen LogP contribution is 2.43. The van der Waals surface area contributed by atoms with Gasteiger partial charge in [0, 0.05) is 39.9 Å². The van der Waals surface area contributed by atoms with Crippen LogP contribution in [0.3, 0.4) is 0 Å². The van der Waals surface area contributed by atoms with Crippen LogP contribution >= 0.6 is 34.7 Å². The molecule has 5 heterocycles. The van der Waals surface area contributed by atoms with Gasteiger partial charge in [0.1, 0.15) is 22.8 Å². The summed E-state index contributed by atoms with van der Waals surface area (Å²) in [7, 11) is 0. The molecule has 0 radical (unpaired) electrons. The Morgan fingerprint density at radius 1 is 0.905 bits per heavy atom. The van der Waals surface area contributed by atoms with Gasteiger partial charge in [0.2, 0.25) is 5.60 Å². The van der Waals surface area contributed by atoms with Crippen molar-refractivity contribution in [2.24, 2.45) is 5.16 Å². The number of ether oxygens (including phenoxy) is 1. The number of esters is 2. The molecule has 0 saturated carbocycles. The number of halogens is 4. The topological polar surface area (TPSA) is 199 Å². The largest absolute Gasteiger partial charge is 0.491 e. The average Bonchev–Trinajstić information content (AvgIpc) is 3.88. The Morgan fingerprint density at radius 3 is 2.06 bits per heavy atom. The van der Waals surface area contributed by atoms with Gasteiger partial charge >= 0.3 is 18.1 Å². The van der Waals surface area contributed by atoms with Crippen molar-refractivity contribution in [2.45, 2.75) is 29.6 Å². The van der Waals surface area contributed by atoms with E-state index in [1.54, 1.807) is 0 Å². The number of rotatable bonds is 11. The molecule has 0 unspecified atom stereocenters. The van der Waals surface area contributed by atoms with E-state index < -0.39 is 58.6 Å². The number of carbonyl (C=O) groups is 5. The minimum Gasteiger partial charge on any atom is -0.382 e. The van der Waals surface area contributed by atoms with E-state index >= 15 is 0 Å². The van der Waals surface area contributed by atoms with Crippen molar-refractivity contribution in [3.05, 3.63) is 159 Å². The molecule has 8 rings (SSSR count). The lowest BCUT2D eigenvalue weighted by molar-refractivity contribution is -0.201. The first kappa shape index (κ1) is 42.8. The molecule has 63 heavy (non-hydrogen) atoms. The van der Waals surface area contributed by atoms with Crippen molar-refractivity contribution in [1.29, 1.82) is 0 Å². The number of nitrogens with zero attached hydrogens (tertiary/aromatic N) is 6. The van der Waals surface area contributed by atoms with Crippen molar-refractivity contribution >= 4 is 81.0 Å². The number of β-lactam (4-membered cyclic amide) rings is 1. The number of aromatic nitrogens is 3. The molecule has 0 bridgehead atoms. The summed E-state index contributed by atoms with van der Waals surface area (Å²) in [5, 5.41) is 15.3. The Hall–Kier alpha value is -6.90. The van der Waals surface area contributed by atoms with Crippen LogP contribution in [0.5, 0.6) is 0 Å². The summed E-state index contributed by atoms with van der Waals surface area (Å²) < 4.78 is 44.1. The Kier molecular flexibility index (Phi) is 11.9. The van der Waals surface area contributed by atoms with Crippen LogP contribution in [0.4, 0.5) is 24.1 Å². The summed E-state index contributed by atoms with van der Waals surface area (Å²) in [6, 6.07) is 29.0. The number of nitrogens with one attached hydrogen (secondary N) is 1. The number of hydrogen-bond acceptors (Lipinski definition) is 14. The highest BCUT2D eigenvalue weighted by atomic mass is 35.5. The number of oxime groups is 1. The van der Waals surface area contributed by atoms with E-state index in [1.165, 1.54) is 28.5 Å². The number of allylic oxidation sites excluding steroid dienone is 1. The summed E-state index contributed by atoms with van der Waals surface area (Å²) in [5.41, 5.74) is 5.46. The van der Waals surface area contributed by atoms with Crippen LogP contribution in [-0.4, -0.2) is 85.3 Å². The lowest BCUT2D eigenvalue weighted by Crippen LogP contribution is -2.71. The summed E-state index contributed by atoms with van der Waals surface area (Å²) in [6.07, 6.45) is -4.18. The molecule has 2 aromatic heterocycles. The van der Waals surface area contributed by atoms with E-state index in [9.17, 15) is 37.1 Å². The van der Waals surface area contributed by atoms with Crippen molar-refractivity contribution in [3.63, 3.8) is 0 Å². The van der Waals surface area contributed by atoms with Crippen molar-refractivity contribution in [2.75, 3.05) is 22.9 Å². The first-order valence-corrected chi connectivity index (χ1v) is 21.0. The second-order valence-electron chi connectivity index (χ2n) is 13.9. The fourth-order valence-electron chi connectivity index (χ4n) is 7.16. The number of benzene rings is 3. The third-order valence-corrected chi connectivity index (χ3v) is 12.2. The van der Waals surface area contributed by atoms with Crippen LogP contribution in [0.1, 0.15) is 28.8 Å². The lowest BCUT2D eigenvalue weighted by Gasteiger charge is -2.49. The number of nitrogens with two attached hydrogens (primary N) is 1. The van der Waals surface area contributed by atoms with Crippen LogP contribution in [0, 0.1) is 0 Å². The molecule has 3 aliphatic rings. The van der Waals surface area contributed by atoms with Crippen LogP contribution in [0.25, 0.3) is 0 Å². The van der Waals surface area contributed by atoms with Gasteiger partial charge in [0.05, 0.1) is 0 Å². The van der Waals surface area contributed by atoms with Crippen molar-refractivity contribution in [1.82, 2.24) is 25.4 Å². The van der Waals surface area contributed by atoms with Crippen LogP contribution in [0.2, 0.25) is 5.15 Å². The standard InChI is InChI=1S/C42H30ClF3N8O7S2/c43-29-16-17-30(51-50-29)53-19-18-23(35(53)56)20-24-21-62-37-32(36(57)54(37)33(24)38(58)60-39(59)42(44,45)46)49-34(55)31(28-22-63-40(47)48-28)52-61-41(25-10-4-1-5-11-25,26-12-6-2-7-13-26)27-14-8-3-9-15-27/h1-17,20,22,32,37H,18-19,21H2,(H2,47,48)(H,49,55)/b23-20+,52-31-/t32-,37-/m1/s1. The quantitative estimate of drug-likeness (QED) is 0.0320. The number of amides is 3. The van der Waals surface area contributed by atoms with Gasteiger partial charge in [0.15, 0.2) is 21.8 Å². The van der Waals surface area contributed by atoms with Gasteiger partial charge in [-0.15, -0.1) is 33.3 Å². The smallest absolute Gasteiger partial charge is 0.382 e. The molecule has 2 atom stereocenters. The average molecular weight is 915 g/mol. The molecule has 15 nitrogen and oxygen atoms in total. The molecule has 3 aliphatic heterocycles. The highest BCUT2D eigenvalue weighted by molar-refractivity contribution is 8.00. The van der Waals surface area contributed by atoms with Crippen molar-refractivity contribution < 1.29 is 46.7 Å². The highest BCUT2D eigenvalue weighted by Gasteiger charge is 2.56. The summed E-state index contributed by atoms with van der Waals surface area (Å²) in [5.74, 6) is -7.04. The molecule has 2 saturated heterocycles. The third-order valence-electron chi connectivity index (χ3n) is 10.1. The predicted octanol–water partition coefficient (Wildman–Crippen LogP) is 5.53. The molecular formula is C42H30ClF3N8O7S2. The summed E-state index contributed by atoms with van der Waals surface area (Å²) in [4.78, 5) is 80.0. The minimum atomic E-state index is -5.55. The van der Waals surface area contributed by atoms with Gasteiger partial charge in [-0.2, -0.15) is 13.2 Å². The third kappa shape index (κ3) is 8.39. The fourth-order valence-corrected chi connectivity index (χ4v) is 9.12. The maximum Gasteiger partial charge on any atom is 0.491 e. The zero-order valence-corrected chi connectivity index (χ0v) is 34.6. The van der Waals surface area contributed by atoms with E-state index in [4.69, 9.17) is 22.2 Å². The number of fused-ring (bicyclic) bond motifs is 1. The summed E-state index contributed by atoms with van der Waals surface area (Å²) in [6.45, 7) is 0.133. The van der Waals surface area contributed by atoms with E-state index in [-0.39, 0.29) is 57.4 Å². The number of carbonyl (C=O) groups excluding carboxylic acids is 5. The number of thiazole rings is 1. The van der Waals surface area contributed by atoms with Gasteiger partial charge in [0.25, 0.3) is 17.7 Å². The number of anilines is 2. The second-order valence-corrected chi connectivity index (χ2v) is 16.3. The predicted molar refractivity (Wildman–Crippen MR) is 225 cm³/mol. The Morgan fingerprint density at radius 2 is 1.52 bits per heavy atom. The van der Waals surface area contributed by atoms with Crippen molar-refractivity contribution in [3.8, 4) is 0 Å². The zero-order chi connectivity index (χ0) is 44.5. The van der Waals surface area contributed by atoms with E-state index in [0.29, 0.717) is 16.7 Å². The number of nitrogen functional groups attached to an aromatic ring is 1. The number of thioether (sulfide) groups is 1. The van der Waals surface area contributed by atoms with Gasteiger partial charge < -0.3 is 20.6 Å². The van der Waals surface area contributed by atoms with Gasteiger partial charge in [-0.05, 0) is 30.2 Å². The number of alkyl halides is 3. The minimum absolute atomic E-state index is 0.00148. The Labute approximate surface area is 368 Å². The normalized spacial score (nSPS) is 18.5. The first-order valence-electron chi connectivity index (χ1n) is 18.7. The molecule has 320 valence electrons. The number of hydrogen-bond donors (Lipinski definition) is 2. The molecule has 2 fully saturated rings. The van der Waals surface area contributed by atoms with Crippen LogP contribution in [-0.2, 0) is 39.1 Å². The second kappa shape index (κ2) is 17.5. The van der Waals surface area contributed by atoms with Gasteiger partial charge in [-0.3, -0.25) is 24.2 Å². The molecule has 5 aromatic rings. The maximum atomic E-state index is 14.4. The zero-order valence-electron chi connectivity index (χ0n) is 32.2. The van der Waals surface area contributed by atoms with Gasteiger partial charge in [-0.1, -0.05) is 108 Å². The van der Waals surface area contributed by atoms with Crippen LogP contribution in [0.15, 0.2) is 137 Å². The van der Waals surface area contributed by atoms with Gasteiger partial charge in [-0.25, -0.2) is 14.6 Å². The van der Waals surface area contributed by atoms with E-state index in [2.05, 4.69) is 30.4 Å². The monoisotopic (exact) mass is 914 g/mol. The molecular weight excluding hydrogens is 885 g/mol. The molecule has 3 aromatic carbocycles. The van der Waals surface area contributed by atoms with E-state index in [1.807, 2.05) is 91.0 Å². The summed E-state index contributed by atoms with van der Waals surface area (Å²) >= 11 is 7.88. The molecule has 3 amide bonds. The molecule has 0 aliphatic carbocycles. The SMILES string of the molecule is Nc1nc(/C(=N/OC(c2ccccc2)(c2ccccc2)c2ccccc2)C(=O)N[C@@H]2C(=O)N3C(C(=O)OC(=O)C(F)(F)F)=C(/C=C4\CCN(c5ccc(Cl)nn5)C4=O)CS[C@H]23)cs1.